The zero-order valence-corrected chi connectivity index (χ0v) is 15.9. The van der Waals surface area contributed by atoms with Gasteiger partial charge < -0.3 is 5.32 Å². The van der Waals surface area contributed by atoms with Gasteiger partial charge in [0.15, 0.2) is 0 Å². The number of benzene rings is 1. The lowest BCUT2D eigenvalue weighted by molar-refractivity contribution is 0.446. The van der Waals surface area contributed by atoms with Gasteiger partial charge >= 0.3 is 0 Å². The van der Waals surface area contributed by atoms with Crippen LogP contribution in [0.25, 0.3) is 10.9 Å². The molecule has 0 saturated carbocycles. The highest BCUT2D eigenvalue weighted by Crippen LogP contribution is 2.28. The van der Waals surface area contributed by atoms with E-state index in [0.717, 1.165) is 22.0 Å². The van der Waals surface area contributed by atoms with E-state index in [9.17, 15) is 13.7 Å². The number of nitrogens with zero attached hydrogens (tertiary/aromatic N) is 3. The molecule has 25 heavy (non-hydrogen) atoms. The molecule has 1 aromatic heterocycles. The number of hydrogen-bond acceptors (Lipinski definition) is 5. The molecule has 1 aromatic carbocycles. The smallest absolute Gasteiger partial charge is 0.215 e. The number of nitrogens with one attached hydrogen (secondary N) is 1. The summed E-state index contributed by atoms with van der Waals surface area (Å²) in [5, 5.41) is 13.4. The van der Waals surface area contributed by atoms with Crippen molar-refractivity contribution in [3.05, 3.63) is 35.0 Å². The van der Waals surface area contributed by atoms with E-state index in [2.05, 4.69) is 16.4 Å². The Morgan fingerprint density at radius 2 is 1.92 bits per heavy atom. The summed E-state index contributed by atoms with van der Waals surface area (Å²) < 4.78 is 26.1. The van der Waals surface area contributed by atoms with E-state index in [-0.39, 0.29) is 12.3 Å². The van der Waals surface area contributed by atoms with E-state index >= 15 is 0 Å². The first-order chi connectivity index (χ1) is 11.8. The Morgan fingerprint density at radius 3 is 2.52 bits per heavy atom. The van der Waals surface area contributed by atoms with Gasteiger partial charge in [0.25, 0.3) is 0 Å². The van der Waals surface area contributed by atoms with Gasteiger partial charge in [-0.05, 0) is 25.5 Å². The summed E-state index contributed by atoms with van der Waals surface area (Å²) in [6.45, 7) is 8.76. The molecule has 0 spiro atoms. The summed E-state index contributed by atoms with van der Waals surface area (Å²) in [5.41, 5.74) is 3.98. The van der Waals surface area contributed by atoms with Crippen molar-refractivity contribution in [1.82, 2.24) is 9.29 Å². The van der Waals surface area contributed by atoms with Crippen molar-refractivity contribution in [2.24, 2.45) is 0 Å². The molecule has 2 aromatic rings. The number of hydrogen-bond donors (Lipinski definition) is 1. The maximum Gasteiger partial charge on any atom is 0.215 e. The number of aromatic nitrogens is 1. The number of aryl methyl sites for hydroxylation is 2. The van der Waals surface area contributed by atoms with Crippen molar-refractivity contribution in [2.75, 3.05) is 30.7 Å². The van der Waals surface area contributed by atoms with Crippen LogP contribution in [0.1, 0.15) is 30.5 Å². The third-order valence-corrected chi connectivity index (χ3v) is 6.21. The highest BCUT2D eigenvalue weighted by molar-refractivity contribution is 7.89. The number of anilines is 1. The van der Waals surface area contributed by atoms with Crippen molar-refractivity contribution in [3.63, 3.8) is 0 Å². The van der Waals surface area contributed by atoms with Crippen LogP contribution >= 0.6 is 0 Å². The van der Waals surface area contributed by atoms with Crippen LogP contribution in [0.3, 0.4) is 0 Å². The maximum absolute atomic E-state index is 12.3. The van der Waals surface area contributed by atoms with Gasteiger partial charge in [-0.25, -0.2) is 12.7 Å². The van der Waals surface area contributed by atoms with Crippen LogP contribution < -0.4 is 5.32 Å². The van der Waals surface area contributed by atoms with E-state index in [0.29, 0.717) is 24.3 Å². The molecule has 0 unspecified atom stereocenters. The van der Waals surface area contributed by atoms with Crippen molar-refractivity contribution in [1.29, 1.82) is 5.26 Å². The monoisotopic (exact) mass is 360 g/mol. The van der Waals surface area contributed by atoms with Gasteiger partial charge in [-0.3, -0.25) is 4.98 Å². The molecular formula is C18H24N4O2S. The second-order valence-electron chi connectivity index (χ2n) is 5.96. The predicted octanol–water partition coefficient (Wildman–Crippen LogP) is 2.81. The Kier molecular flexibility index (Phi) is 5.98. The first-order valence-corrected chi connectivity index (χ1v) is 9.96. The van der Waals surface area contributed by atoms with Gasteiger partial charge in [-0.2, -0.15) is 5.26 Å². The third-order valence-electron chi connectivity index (χ3n) is 4.19. The Labute approximate surface area is 149 Å². The minimum absolute atomic E-state index is 0.0197. The Hall–Kier alpha value is -2.17. The van der Waals surface area contributed by atoms with E-state index in [1.165, 1.54) is 10.5 Å². The number of pyridine rings is 1. The molecule has 1 N–H and O–H groups in total. The largest absolute Gasteiger partial charge is 0.382 e. The molecule has 0 fully saturated rings. The van der Waals surface area contributed by atoms with Crippen molar-refractivity contribution < 1.29 is 8.42 Å². The Morgan fingerprint density at radius 1 is 1.24 bits per heavy atom. The lowest BCUT2D eigenvalue weighted by Gasteiger charge is -2.19. The summed E-state index contributed by atoms with van der Waals surface area (Å²) in [4.78, 5) is 4.38. The molecule has 0 bridgehead atoms. The summed E-state index contributed by atoms with van der Waals surface area (Å²) >= 11 is 0. The van der Waals surface area contributed by atoms with Crippen LogP contribution in [0.15, 0.2) is 18.3 Å². The standard InChI is InChI=1S/C18H24N4O2S/c1-5-22(6-2)25(23,24)8-7-20-18-15(11-19)12-21-17-14(4)9-13(3)10-16(17)18/h9-10,12H,5-8H2,1-4H3,(H,20,21). The van der Waals surface area contributed by atoms with Crippen molar-refractivity contribution in [2.45, 2.75) is 27.7 Å². The molecule has 0 saturated heterocycles. The van der Waals surface area contributed by atoms with E-state index in [1.807, 2.05) is 39.8 Å². The molecule has 0 aliphatic rings. The molecule has 0 aliphatic carbocycles. The van der Waals surface area contributed by atoms with E-state index in [1.54, 1.807) is 0 Å². The third kappa shape index (κ3) is 4.09. The van der Waals surface area contributed by atoms with Crippen LogP contribution in [0.5, 0.6) is 0 Å². The van der Waals surface area contributed by atoms with E-state index in [4.69, 9.17) is 0 Å². The zero-order chi connectivity index (χ0) is 18.6. The van der Waals surface area contributed by atoms with Gasteiger partial charge in [0.2, 0.25) is 10.0 Å². The number of nitriles is 1. The minimum atomic E-state index is -3.31. The number of rotatable bonds is 7. The quantitative estimate of drug-likeness (QED) is 0.820. The second-order valence-corrected chi connectivity index (χ2v) is 8.05. The van der Waals surface area contributed by atoms with Crippen LogP contribution in [0.2, 0.25) is 0 Å². The first-order valence-electron chi connectivity index (χ1n) is 8.35. The second kappa shape index (κ2) is 7.81. The lowest BCUT2D eigenvalue weighted by atomic mass is 10.0. The topological polar surface area (TPSA) is 86.1 Å². The fraction of sp³-hybridized carbons (Fsp3) is 0.444. The Balaban J connectivity index is 2.33. The summed E-state index contributed by atoms with van der Waals surface area (Å²) in [6, 6.07) is 6.14. The summed E-state index contributed by atoms with van der Waals surface area (Å²) in [7, 11) is -3.31. The molecule has 134 valence electrons. The van der Waals surface area contributed by atoms with Crippen LogP contribution in [-0.4, -0.2) is 43.1 Å². The fourth-order valence-corrected chi connectivity index (χ4v) is 4.39. The first kappa shape index (κ1) is 19.2. The highest BCUT2D eigenvalue weighted by Gasteiger charge is 2.19. The van der Waals surface area contributed by atoms with Gasteiger partial charge in [0.1, 0.15) is 6.07 Å². The summed E-state index contributed by atoms with van der Waals surface area (Å²) in [5.74, 6) is -0.0197. The Bertz CT molecular complexity index is 913. The summed E-state index contributed by atoms with van der Waals surface area (Å²) in [6.07, 6.45) is 1.53. The fourth-order valence-electron chi connectivity index (χ4n) is 2.99. The average molecular weight is 360 g/mol. The molecule has 6 nitrogen and oxygen atoms in total. The van der Waals surface area contributed by atoms with Gasteiger partial charge in [0, 0.05) is 31.2 Å². The van der Waals surface area contributed by atoms with Gasteiger partial charge in [0.05, 0.1) is 22.5 Å². The molecule has 7 heteroatoms. The minimum Gasteiger partial charge on any atom is -0.382 e. The molecular weight excluding hydrogens is 336 g/mol. The predicted molar refractivity (Wildman–Crippen MR) is 101 cm³/mol. The van der Waals surface area contributed by atoms with Crippen LogP contribution in [0.4, 0.5) is 5.69 Å². The molecule has 0 amide bonds. The van der Waals surface area contributed by atoms with Crippen LogP contribution in [-0.2, 0) is 10.0 Å². The number of fused-ring (bicyclic) bond motifs is 1. The highest BCUT2D eigenvalue weighted by atomic mass is 32.2. The zero-order valence-electron chi connectivity index (χ0n) is 15.1. The van der Waals surface area contributed by atoms with Crippen LogP contribution in [0, 0.1) is 25.2 Å². The molecule has 2 rings (SSSR count). The molecule has 0 aliphatic heterocycles. The number of sulfonamides is 1. The molecule has 1 heterocycles. The SMILES string of the molecule is CCN(CC)S(=O)(=O)CCNc1c(C#N)cnc2c(C)cc(C)cc12. The maximum atomic E-state index is 12.3. The van der Waals surface area contributed by atoms with Gasteiger partial charge in [-0.15, -0.1) is 0 Å². The molecule has 0 radical (unpaired) electrons. The van der Waals surface area contributed by atoms with E-state index < -0.39 is 10.0 Å². The normalized spacial score (nSPS) is 11.7. The van der Waals surface area contributed by atoms with Gasteiger partial charge in [-0.1, -0.05) is 25.5 Å². The van der Waals surface area contributed by atoms with Crippen molar-refractivity contribution >= 4 is 26.6 Å². The molecule has 0 atom stereocenters. The average Bonchev–Trinajstić information content (AvgIpc) is 2.55. The lowest BCUT2D eigenvalue weighted by Crippen LogP contribution is -2.34. The van der Waals surface area contributed by atoms with Crippen molar-refractivity contribution in [3.8, 4) is 6.07 Å².